The summed E-state index contributed by atoms with van der Waals surface area (Å²) < 4.78 is 25.9. The fourth-order valence-electron chi connectivity index (χ4n) is 1.33. The summed E-state index contributed by atoms with van der Waals surface area (Å²) in [6.45, 7) is 2.20. The van der Waals surface area contributed by atoms with Crippen molar-refractivity contribution in [3.63, 3.8) is 0 Å². The molecule has 0 aromatic rings. The summed E-state index contributed by atoms with van der Waals surface area (Å²) in [6.07, 6.45) is 2.98. The normalized spacial score (nSPS) is 21.8. The lowest BCUT2D eigenvalue weighted by Gasteiger charge is -2.23. The van der Waals surface area contributed by atoms with Crippen LogP contribution in [0.5, 0.6) is 0 Å². The van der Waals surface area contributed by atoms with E-state index in [0.29, 0.717) is 5.70 Å². The number of nitrogens with one attached hydrogen (secondary N) is 1. The number of amides is 1. The molecule has 1 aliphatic rings. The summed E-state index contributed by atoms with van der Waals surface area (Å²) in [4.78, 5) is 10.7. The maximum absolute atomic E-state index is 13.0. The first-order chi connectivity index (χ1) is 6.80. The number of alkyl halides is 2. The molecule has 0 bridgehead atoms. The molecular weight excluding hydrogens is 224 g/mol. The van der Waals surface area contributed by atoms with Crippen molar-refractivity contribution in [2.45, 2.75) is 26.2 Å². The minimum absolute atomic E-state index is 0.169. The Morgan fingerprint density at radius 2 is 2.27 bits per heavy atom. The Morgan fingerprint density at radius 1 is 1.67 bits per heavy atom. The molecule has 1 unspecified atom stereocenters. The van der Waals surface area contributed by atoms with Gasteiger partial charge in [0.15, 0.2) is 0 Å². The van der Waals surface area contributed by atoms with E-state index in [4.69, 9.17) is 11.6 Å². The van der Waals surface area contributed by atoms with E-state index in [1.54, 1.807) is 0 Å². The van der Waals surface area contributed by atoms with E-state index in [0.717, 1.165) is 6.92 Å². The van der Waals surface area contributed by atoms with Crippen LogP contribution < -0.4 is 5.32 Å². The van der Waals surface area contributed by atoms with E-state index in [1.807, 2.05) is 0 Å². The highest BCUT2D eigenvalue weighted by Crippen LogP contribution is 2.34. The number of allylic oxidation sites excluding steroid dienone is 3. The molecule has 1 aliphatic carbocycles. The monoisotopic (exact) mass is 235 g/mol. The van der Waals surface area contributed by atoms with Crippen LogP contribution in [0.3, 0.4) is 0 Å². The van der Waals surface area contributed by atoms with E-state index in [2.05, 4.69) is 5.32 Å². The van der Waals surface area contributed by atoms with Gasteiger partial charge in [-0.15, -0.1) is 0 Å². The Bertz CT molecular complexity index is 331. The number of carbonyl (C=O) groups excluding carboxylic acids is 1. The standard InChI is InChI=1S/C10H12ClF2NO/c1-6(15)14-9-4-3-7(5-8(9)11)10(2,12)13/h4-5,7H,3H2,1-2H3,(H,14,15). The molecule has 0 saturated carbocycles. The van der Waals surface area contributed by atoms with Gasteiger partial charge in [-0.1, -0.05) is 23.8 Å². The smallest absolute Gasteiger partial charge is 0.251 e. The summed E-state index contributed by atoms with van der Waals surface area (Å²) in [5.41, 5.74) is 0.407. The van der Waals surface area contributed by atoms with Crippen molar-refractivity contribution < 1.29 is 13.6 Å². The van der Waals surface area contributed by atoms with E-state index in [-0.39, 0.29) is 17.4 Å². The second kappa shape index (κ2) is 4.31. The first-order valence-corrected chi connectivity index (χ1v) is 4.91. The van der Waals surface area contributed by atoms with Crippen molar-refractivity contribution in [3.05, 3.63) is 22.9 Å². The molecule has 1 rings (SSSR count). The predicted molar refractivity (Wildman–Crippen MR) is 54.6 cm³/mol. The lowest BCUT2D eigenvalue weighted by molar-refractivity contribution is -0.118. The summed E-state index contributed by atoms with van der Waals surface area (Å²) in [5.74, 6) is -3.96. The molecule has 0 aromatic heterocycles. The summed E-state index contributed by atoms with van der Waals surface area (Å²) >= 11 is 5.77. The maximum Gasteiger partial charge on any atom is 0.251 e. The third-order valence-corrected chi connectivity index (χ3v) is 2.47. The van der Waals surface area contributed by atoms with Crippen molar-refractivity contribution in [1.29, 1.82) is 0 Å². The molecule has 0 aliphatic heterocycles. The number of hydrogen-bond donors (Lipinski definition) is 1. The predicted octanol–water partition coefficient (Wildman–Crippen LogP) is 2.80. The average molecular weight is 236 g/mol. The number of halogens is 3. The highest BCUT2D eigenvalue weighted by atomic mass is 35.5. The summed E-state index contributed by atoms with van der Waals surface area (Å²) in [6, 6.07) is 0. The van der Waals surface area contributed by atoms with Crippen molar-refractivity contribution >= 4 is 17.5 Å². The van der Waals surface area contributed by atoms with Gasteiger partial charge < -0.3 is 5.32 Å². The lowest BCUT2D eigenvalue weighted by Crippen LogP contribution is -2.27. The van der Waals surface area contributed by atoms with Crippen molar-refractivity contribution in [2.75, 3.05) is 0 Å². The van der Waals surface area contributed by atoms with Crippen molar-refractivity contribution in [1.82, 2.24) is 5.32 Å². The van der Waals surface area contributed by atoms with Gasteiger partial charge >= 0.3 is 0 Å². The van der Waals surface area contributed by atoms with Crippen LogP contribution in [-0.2, 0) is 4.79 Å². The topological polar surface area (TPSA) is 29.1 Å². The molecular formula is C10H12ClF2NO. The van der Waals surface area contributed by atoms with E-state index in [9.17, 15) is 13.6 Å². The quantitative estimate of drug-likeness (QED) is 0.784. The van der Waals surface area contributed by atoms with Gasteiger partial charge in [0.1, 0.15) is 0 Å². The molecule has 1 N–H and O–H groups in total. The van der Waals surface area contributed by atoms with Crippen LogP contribution in [0, 0.1) is 5.92 Å². The lowest BCUT2D eigenvalue weighted by atomic mass is 9.94. The van der Waals surface area contributed by atoms with Crippen LogP contribution in [0.1, 0.15) is 20.3 Å². The van der Waals surface area contributed by atoms with E-state index in [1.165, 1.54) is 19.1 Å². The van der Waals surface area contributed by atoms with Gasteiger partial charge in [-0.25, -0.2) is 8.78 Å². The van der Waals surface area contributed by atoms with E-state index >= 15 is 0 Å². The first kappa shape index (κ1) is 12.2. The zero-order valence-electron chi connectivity index (χ0n) is 8.48. The number of rotatable bonds is 2. The molecule has 2 nitrogen and oxygen atoms in total. The molecule has 0 fully saturated rings. The van der Waals surface area contributed by atoms with Gasteiger partial charge in [0.25, 0.3) is 5.92 Å². The molecule has 5 heteroatoms. The van der Waals surface area contributed by atoms with Crippen LogP contribution in [0.2, 0.25) is 0 Å². The van der Waals surface area contributed by atoms with Gasteiger partial charge in [-0.3, -0.25) is 4.79 Å². The van der Waals surface area contributed by atoms with Crippen LogP contribution in [0.15, 0.2) is 22.9 Å². The molecule has 0 saturated heterocycles. The van der Waals surface area contributed by atoms with Crippen molar-refractivity contribution in [3.8, 4) is 0 Å². The molecule has 0 radical (unpaired) electrons. The van der Waals surface area contributed by atoms with Gasteiger partial charge in [0.2, 0.25) is 5.91 Å². The number of carbonyl (C=O) groups is 1. The minimum atomic E-state index is -2.79. The average Bonchev–Trinajstić information content (AvgIpc) is 2.05. The van der Waals surface area contributed by atoms with Crippen molar-refractivity contribution in [2.24, 2.45) is 5.92 Å². The van der Waals surface area contributed by atoms with Crippen LogP contribution in [0.25, 0.3) is 0 Å². The van der Waals surface area contributed by atoms with Gasteiger partial charge in [0.05, 0.1) is 10.7 Å². The van der Waals surface area contributed by atoms with Gasteiger partial charge in [-0.05, 0) is 13.3 Å². The van der Waals surface area contributed by atoms with Crippen LogP contribution >= 0.6 is 11.6 Å². The molecule has 15 heavy (non-hydrogen) atoms. The zero-order valence-corrected chi connectivity index (χ0v) is 9.24. The minimum Gasteiger partial charge on any atom is -0.325 e. The second-order valence-corrected chi connectivity index (χ2v) is 4.02. The maximum atomic E-state index is 13.0. The fourth-order valence-corrected chi connectivity index (χ4v) is 1.61. The summed E-state index contributed by atoms with van der Waals surface area (Å²) in [5, 5.41) is 2.65. The fraction of sp³-hybridized carbons (Fsp3) is 0.500. The molecule has 1 amide bonds. The molecule has 84 valence electrons. The Labute approximate surface area is 92.0 Å². The molecule has 0 spiro atoms. The van der Waals surface area contributed by atoms with Gasteiger partial charge in [-0.2, -0.15) is 0 Å². The summed E-state index contributed by atoms with van der Waals surface area (Å²) in [7, 11) is 0. The number of hydrogen-bond acceptors (Lipinski definition) is 1. The Kier molecular flexibility index (Phi) is 3.50. The molecule has 0 heterocycles. The molecule has 0 aromatic carbocycles. The third kappa shape index (κ3) is 3.30. The molecule has 1 atom stereocenters. The Hall–Kier alpha value is -0.900. The Morgan fingerprint density at radius 3 is 2.67 bits per heavy atom. The Balaban J connectivity index is 2.76. The van der Waals surface area contributed by atoms with Gasteiger partial charge in [0, 0.05) is 12.8 Å². The van der Waals surface area contributed by atoms with E-state index < -0.39 is 11.8 Å². The largest absolute Gasteiger partial charge is 0.325 e. The zero-order chi connectivity index (χ0) is 11.6. The van der Waals surface area contributed by atoms with Crippen LogP contribution in [-0.4, -0.2) is 11.8 Å². The first-order valence-electron chi connectivity index (χ1n) is 4.54. The van der Waals surface area contributed by atoms with Crippen LogP contribution in [0.4, 0.5) is 8.78 Å². The third-order valence-electron chi connectivity index (χ3n) is 2.14. The SMILES string of the molecule is CC(=O)NC1=CCC(C(C)(F)F)C=C1Cl. The highest BCUT2D eigenvalue weighted by Gasteiger charge is 2.33. The second-order valence-electron chi connectivity index (χ2n) is 3.61. The highest BCUT2D eigenvalue weighted by molar-refractivity contribution is 6.32.